The lowest BCUT2D eigenvalue weighted by Gasteiger charge is -2.38. The van der Waals surface area contributed by atoms with E-state index in [1.807, 2.05) is 38.1 Å². The van der Waals surface area contributed by atoms with Crippen LogP contribution in [-0.4, -0.2) is 88.2 Å². The number of allylic oxidation sites excluding steroid dienone is 1. The molecule has 1 aromatic rings. The van der Waals surface area contributed by atoms with E-state index in [-0.39, 0.29) is 18.8 Å². The highest BCUT2D eigenvalue weighted by molar-refractivity contribution is 5.92. The molecule has 1 saturated heterocycles. The zero-order valence-corrected chi connectivity index (χ0v) is 22.0. The maximum Gasteiger partial charge on any atom is 0.242 e. The van der Waals surface area contributed by atoms with Crippen molar-refractivity contribution in [2.45, 2.75) is 76.3 Å². The largest absolute Gasteiger partial charge is 0.445 e. The Kier molecular flexibility index (Phi) is 12.3. The van der Waals surface area contributed by atoms with Gasteiger partial charge < -0.3 is 46.7 Å². The highest BCUT2D eigenvalue weighted by atomic mass is 19.1. The molecule has 10 N–H and O–H groups in total. The highest BCUT2D eigenvalue weighted by Crippen LogP contribution is 2.26. The average molecular weight is 555 g/mol. The molecular formula is C26H39FN4O8. The van der Waals surface area contributed by atoms with Crippen LogP contribution in [0.4, 0.5) is 4.39 Å². The summed E-state index contributed by atoms with van der Waals surface area (Å²) in [7, 11) is 0. The predicted molar refractivity (Wildman–Crippen MR) is 139 cm³/mol. The second kappa shape index (κ2) is 14.9. The van der Waals surface area contributed by atoms with Crippen LogP contribution >= 0.6 is 0 Å². The maximum absolute atomic E-state index is 14.0. The summed E-state index contributed by atoms with van der Waals surface area (Å²) >= 11 is 0. The summed E-state index contributed by atoms with van der Waals surface area (Å²) < 4.78 is 24.7. The van der Waals surface area contributed by atoms with Gasteiger partial charge in [-0.15, -0.1) is 0 Å². The first-order chi connectivity index (χ1) is 18.4. The number of nitrogens with one attached hydrogen (secondary N) is 2. The molecule has 0 aromatic heterocycles. The smallest absolute Gasteiger partial charge is 0.242 e. The van der Waals surface area contributed by atoms with Crippen LogP contribution in [0, 0.1) is 11.3 Å². The van der Waals surface area contributed by atoms with Crippen molar-refractivity contribution < 1.29 is 43.9 Å². The summed E-state index contributed by atoms with van der Waals surface area (Å²) in [6.45, 7) is 2.35. The van der Waals surface area contributed by atoms with Gasteiger partial charge in [-0.05, 0) is 29.9 Å². The topological polar surface area (TPSA) is 221 Å². The monoisotopic (exact) mass is 554 g/mol. The fraction of sp³-hybridized carbons (Fsp3) is 0.577. The molecule has 2 amide bonds. The van der Waals surface area contributed by atoms with E-state index in [0.29, 0.717) is 24.1 Å². The number of primary amides is 1. The quantitative estimate of drug-likeness (QED) is 0.112. The number of carbonyl (C=O) groups is 2. The van der Waals surface area contributed by atoms with Crippen molar-refractivity contribution in [1.82, 2.24) is 5.32 Å². The third kappa shape index (κ3) is 8.97. The number of ether oxygens (including phenoxy) is 2. The average Bonchev–Trinajstić information content (AvgIpc) is 2.90. The van der Waals surface area contributed by atoms with Gasteiger partial charge in [0.2, 0.25) is 24.0 Å². The molecule has 1 aromatic carbocycles. The Labute approximate surface area is 226 Å². The van der Waals surface area contributed by atoms with Gasteiger partial charge in [0, 0.05) is 24.1 Å². The number of amides is 2. The van der Waals surface area contributed by atoms with Crippen LogP contribution in [0.5, 0.6) is 0 Å². The van der Waals surface area contributed by atoms with Gasteiger partial charge in [-0.1, -0.05) is 38.1 Å². The number of halogens is 1. The van der Waals surface area contributed by atoms with E-state index in [2.05, 4.69) is 5.32 Å². The van der Waals surface area contributed by atoms with E-state index in [1.165, 1.54) is 0 Å². The summed E-state index contributed by atoms with van der Waals surface area (Å²) in [5.41, 5.74) is 13.8. The van der Waals surface area contributed by atoms with E-state index < -0.39 is 67.7 Å². The number of benzene rings is 1. The number of nitrogens with two attached hydrogens (primary N) is 2. The Morgan fingerprint density at radius 2 is 1.74 bits per heavy atom. The molecule has 0 aliphatic carbocycles. The zero-order valence-electron chi connectivity index (χ0n) is 22.0. The lowest BCUT2D eigenvalue weighted by atomic mass is 9.96. The molecule has 2 rings (SSSR count). The Bertz CT molecular complexity index is 1020. The lowest BCUT2D eigenvalue weighted by molar-refractivity contribution is -0.269. The molecule has 1 aliphatic rings. The first kappa shape index (κ1) is 32.1. The number of carbonyl (C=O) groups excluding carboxylic acids is 2. The van der Waals surface area contributed by atoms with Crippen molar-refractivity contribution in [3.05, 3.63) is 46.7 Å². The van der Waals surface area contributed by atoms with Gasteiger partial charge in [0.15, 0.2) is 6.17 Å². The maximum atomic E-state index is 14.0. The van der Waals surface area contributed by atoms with Gasteiger partial charge in [0.1, 0.15) is 24.4 Å². The van der Waals surface area contributed by atoms with Gasteiger partial charge in [-0.3, -0.25) is 15.0 Å². The van der Waals surface area contributed by atoms with Crippen molar-refractivity contribution in [2.75, 3.05) is 13.2 Å². The minimum absolute atomic E-state index is 0.141. The SMILES string of the molecule is CC(C)/C(N)=C(\Cc1ccc(CCCC(=O)NC(CO)C(N)=O)cc1)C(=N)OC1OC(CO)C(F)C(O)C1O. The summed E-state index contributed by atoms with van der Waals surface area (Å²) in [6.07, 6.45) is -7.26. The van der Waals surface area contributed by atoms with E-state index in [9.17, 15) is 29.3 Å². The van der Waals surface area contributed by atoms with Crippen LogP contribution in [-0.2, 0) is 31.9 Å². The number of hydrogen-bond donors (Lipinski definition) is 8. The molecule has 0 saturated carbocycles. The van der Waals surface area contributed by atoms with Crippen LogP contribution in [0.1, 0.15) is 37.8 Å². The van der Waals surface area contributed by atoms with Crippen molar-refractivity contribution >= 4 is 17.7 Å². The fourth-order valence-corrected chi connectivity index (χ4v) is 3.94. The van der Waals surface area contributed by atoms with Gasteiger partial charge in [-0.2, -0.15) is 0 Å². The summed E-state index contributed by atoms with van der Waals surface area (Å²) in [5.74, 6) is -1.78. The number of alkyl halides is 1. The molecule has 0 radical (unpaired) electrons. The third-order valence-electron chi connectivity index (χ3n) is 6.41. The first-order valence-corrected chi connectivity index (χ1v) is 12.7. The van der Waals surface area contributed by atoms with Crippen molar-refractivity contribution in [2.24, 2.45) is 17.4 Å². The van der Waals surface area contributed by atoms with Crippen LogP contribution in [0.15, 0.2) is 35.5 Å². The normalized spacial score (nSPS) is 24.6. The molecule has 218 valence electrons. The molecule has 6 unspecified atom stereocenters. The van der Waals surface area contributed by atoms with Gasteiger partial charge in [0.05, 0.1) is 13.2 Å². The molecule has 39 heavy (non-hydrogen) atoms. The summed E-state index contributed by atoms with van der Waals surface area (Å²) in [4.78, 5) is 23.1. The van der Waals surface area contributed by atoms with Crippen LogP contribution in [0.3, 0.4) is 0 Å². The Hall–Kier alpha value is -3.10. The Balaban J connectivity index is 2.03. The summed E-state index contributed by atoms with van der Waals surface area (Å²) in [6, 6.07) is 6.26. The fourth-order valence-electron chi connectivity index (χ4n) is 3.94. The van der Waals surface area contributed by atoms with Crippen LogP contribution in [0.2, 0.25) is 0 Å². The Morgan fingerprint density at radius 1 is 1.13 bits per heavy atom. The molecule has 0 bridgehead atoms. The van der Waals surface area contributed by atoms with Gasteiger partial charge in [-0.25, -0.2) is 4.39 Å². The molecular weight excluding hydrogens is 515 g/mol. The molecule has 1 aliphatic heterocycles. The number of rotatable bonds is 13. The lowest BCUT2D eigenvalue weighted by Crippen LogP contribution is -2.58. The second-order valence-electron chi connectivity index (χ2n) is 9.74. The highest BCUT2D eigenvalue weighted by Gasteiger charge is 2.46. The molecule has 12 nitrogen and oxygen atoms in total. The second-order valence-corrected chi connectivity index (χ2v) is 9.74. The number of aliphatic hydroxyl groups excluding tert-OH is 4. The van der Waals surface area contributed by atoms with Crippen molar-refractivity contribution in [1.29, 1.82) is 5.41 Å². The van der Waals surface area contributed by atoms with E-state index >= 15 is 0 Å². The van der Waals surface area contributed by atoms with Crippen molar-refractivity contribution in [3.8, 4) is 0 Å². The third-order valence-corrected chi connectivity index (χ3v) is 6.41. The van der Waals surface area contributed by atoms with E-state index in [4.69, 9.17) is 31.5 Å². The first-order valence-electron chi connectivity index (χ1n) is 12.7. The molecule has 0 spiro atoms. The molecule has 13 heteroatoms. The molecule has 1 heterocycles. The minimum Gasteiger partial charge on any atom is -0.445 e. The molecule has 1 fully saturated rings. The number of hydrogen-bond acceptors (Lipinski definition) is 10. The Morgan fingerprint density at radius 3 is 2.28 bits per heavy atom. The standard InChI is InChI=1S/C26H39FN4O8/c1-13(2)21(28)16(25(30)39-26-23(36)22(35)20(27)18(12-33)38-26)10-15-8-6-14(7-9-15)4-3-5-19(34)31-17(11-32)24(29)37/h6-9,13,17-18,20,22-23,26,30,32-33,35-36H,3-5,10-12,28H2,1-2H3,(H2,29,37)(H,31,34)/b21-16-,30-25?. The summed E-state index contributed by atoms with van der Waals surface area (Å²) in [5, 5.41) is 49.4. The zero-order chi connectivity index (χ0) is 29.3. The minimum atomic E-state index is -2.02. The van der Waals surface area contributed by atoms with E-state index in [0.717, 1.165) is 11.1 Å². The van der Waals surface area contributed by atoms with Crippen LogP contribution in [0.25, 0.3) is 0 Å². The van der Waals surface area contributed by atoms with E-state index in [1.54, 1.807) is 0 Å². The number of aliphatic hydroxyl groups is 4. The predicted octanol–water partition coefficient (Wildman–Crippen LogP) is -0.846. The van der Waals surface area contributed by atoms with Crippen LogP contribution < -0.4 is 16.8 Å². The number of aryl methyl sites for hydroxylation is 1. The molecule has 6 atom stereocenters. The van der Waals surface area contributed by atoms with Gasteiger partial charge >= 0.3 is 0 Å². The van der Waals surface area contributed by atoms with Gasteiger partial charge in [0.25, 0.3) is 0 Å². The van der Waals surface area contributed by atoms with Crippen molar-refractivity contribution in [3.63, 3.8) is 0 Å².